The summed E-state index contributed by atoms with van der Waals surface area (Å²) in [5.74, 6) is -0.773. The van der Waals surface area contributed by atoms with Crippen LogP contribution in [0, 0.1) is 0 Å². The van der Waals surface area contributed by atoms with Crippen molar-refractivity contribution >= 4 is 11.9 Å². The van der Waals surface area contributed by atoms with Gasteiger partial charge in [0.1, 0.15) is 0 Å². The first kappa shape index (κ1) is 24.7. The van der Waals surface area contributed by atoms with E-state index in [4.69, 9.17) is 9.47 Å². The van der Waals surface area contributed by atoms with Crippen molar-refractivity contribution in [1.82, 2.24) is 0 Å². The Morgan fingerprint density at radius 3 is 1.19 bits per heavy atom. The van der Waals surface area contributed by atoms with Crippen molar-refractivity contribution in [2.75, 3.05) is 14.2 Å². The highest BCUT2D eigenvalue weighted by molar-refractivity contribution is 6.00. The molecule has 0 spiro atoms. The topological polar surface area (TPSA) is 52.6 Å². The second-order valence-electron chi connectivity index (χ2n) is 6.98. The van der Waals surface area contributed by atoms with E-state index in [1.54, 1.807) is 0 Å². The van der Waals surface area contributed by atoms with Gasteiger partial charge in [-0.25, -0.2) is 9.59 Å². The second kappa shape index (κ2) is 17.1. The predicted molar refractivity (Wildman–Crippen MR) is 107 cm³/mol. The van der Waals surface area contributed by atoms with Crippen molar-refractivity contribution in [2.24, 2.45) is 0 Å². The lowest BCUT2D eigenvalue weighted by Gasteiger charge is -2.13. The monoisotopic (exact) mass is 368 g/mol. The molecule has 0 radical (unpaired) electrons. The molecule has 0 atom stereocenters. The molecule has 26 heavy (non-hydrogen) atoms. The molecule has 0 aromatic carbocycles. The minimum atomic E-state index is -0.388. The normalized spacial score (nSPS) is 11.8. The summed E-state index contributed by atoms with van der Waals surface area (Å²) in [6.45, 7) is 4.38. The summed E-state index contributed by atoms with van der Waals surface area (Å²) in [6, 6.07) is 0. The van der Waals surface area contributed by atoms with Crippen LogP contribution >= 0.6 is 0 Å². The van der Waals surface area contributed by atoms with Crippen LogP contribution in [0.2, 0.25) is 0 Å². The van der Waals surface area contributed by atoms with Gasteiger partial charge in [-0.1, -0.05) is 78.1 Å². The molecule has 0 rings (SSSR count). The number of carbonyl (C=O) groups is 2. The fourth-order valence-corrected chi connectivity index (χ4v) is 3.16. The van der Waals surface area contributed by atoms with Crippen LogP contribution in [0.1, 0.15) is 104 Å². The van der Waals surface area contributed by atoms with Crippen LogP contribution in [0.25, 0.3) is 0 Å². The third kappa shape index (κ3) is 11.3. The second-order valence-corrected chi connectivity index (χ2v) is 6.98. The van der Waals surface area contributed by atoms with Crippen LogP contribution in [-0.4, -0.2) is 26.2 Å². The van der Waals surface area contributed by atoms with Crippen molar-refractivity contribution in [2.45, 2.75) is 104 Å². The van der Waals surface area contributed by atoms with E-state index in [0.717, 1.165) is 38.5 Å². The number of esters is 2. The van der Waals surface area contributed by atoms with Gasteiger partial charge in [-0.3, -0.25) is 0 Å². The van der Waals surface area contributed by atoms with Gasteiger partial charge in [0.25, 0.3) is 0 Å². The molecule has 0 unspecified atom stereocenters. The maximum absolute atomic E-state index is 12.2. The van der Waals surface area contributed by atoms with Crippen LogP contribution in [-0.2, 0) is 19.1 Å². The first-order valence-electron chi connectivity index (χ1n) is 10.5. The average Bonchev–Trinajstić information content (AvgIpc) is 2.66. The average molecular weight is 369 g/mol. The Bertz CT molecular complexity index is 412. The highest BCUT2D eigenvalue weighted by Gasteiger charge is 2.21. The van der Waals surface area contributed by atoms with Gasteiger partial charge in [-0.05, 0) is 25.7 Å². The van der Waals surface area contributed by atoms with E-state index in [0.29, 0.717) is 24.0 Å². The molecule has 0 aliphatic heterocycles. The van der Waals surface area contributed by atoms with E-state index in [9.17, 15) is 9.59 Å². The fourth-order valence-electron chi connectivity index (χ4n) is 3.16. The highest BCUT2D eigenvalue weighted by atomic mass is 16.5. The summed E-state index contributed by atoms with van der Waals surface area (Å²) in [7, 11) is 2.75. The standard InChI is InChI=1S/C22H40O4/c1-5-7-9-11-12-13-14-16-18-20(22(24)26-4)19(21(23)25-3)17-15-10-8-6-2/h5-18H2,1-4H3. The summed E-state index contributed by atoms with van der Waals surface area (Å²) >= 11 is 0. The van der Waals surface area contributed by atoms with E-state index in [-0.39, 0.29) is 11.9 Å². The molecule has 4 heteroatoms. The van der Waals surface area contributed by atoms with E-state index >= 15 is 0 Å². The number of unbranched alkanes of at least 4 members (excludes halogenated alkanes) is 10. The van der Waals surface area contributed by atoms with Gasteiger partial charge >= 0.3 is 11.9 Å². The Kier molecular flexibility index (Phi) is 16.2. The Morgan fingerprint density at radius 1 is 0.538 bits per heavy atom. The van der Waals surface area contributed by atoms with Gasteiger partial charge in [0.05, 0.1) is 14.2 Å². The zero-order chi connectivity index (χ0) is 19.6. The lowest BCUT2D eigenvalue weighted by Crippen LogP contribution is -2.15. The van der Waals surface area contributed by atoms with Crippen LogP contribution in [0.3, 0.4) is 0 Å². The highest BCUT2D eigenvalue weighted by Crippen LogP contribution is 2.22. The van der Waals surface area contributed by atoms with E-state index < -0.39 is 0 Å². The van der Waals surface area contributed by atoms with Crippen LogP contribution in [0.4, 0.5) is 0 Å². The van der Waals surface area contributed by atoms with Crippen LogP contribution < -0.4 is 0 Å². The van der Waals surface area contributed by atoms with Crippen molar-refractivity contribution in [3.63, 3.8) is 0 Å². The molecule has 0 N–H and O–H groups in total. The first-order valence-corrected chi connectivity index (χ1v) is 10.5. The Balaban J connectivity index is 4.67. The number of hydrogen-bond donors (Lipinski definition) is 0. The summed E-state index contributed by atoms with van der Waals surface area (Å²) in [5.41, 5.74) is 1.03. The van der Waals surface area contributed by atoms with E-state index in [2.05, 4.69) is 13.8 Å². The Labute approximate surface area is 160 Å². The number of methoxy groups -OCH3 is 2. The molecule has 0 aromatic heterocycles. The lowest BCUT2D eigenvalue weighted by molar-refractivity contribution is -0.139. The molecule has 0 heterocycles. The molecule has 0 saturated heterocycles. The number of rotatable bonds is 16. The SMILES string of the molecule is CCCCCCCCCCC(C(=O)OC)=C(CCCCCC)C(=O)OC. The Hall–Kier alpha value is -1.32. The lowest BCUT2D eigenvalue weighted by atomic mass is 9.96. The zero-order valence-corrected chi connectivity index (χ0v) is 17.5. The maximum Gasteiger partial charge on any atom is 0.334 e. The smallest absolute Gasteiger partial charge is 0.334 e. The third-order valence-electron chi connectivity index (χ3n) is 4.79. The molecule has 0 aliphatic carbocycles. The molecular formula is C22H40O4. The van der Waals surface area contributed by atoms with Gasteiger partial charge in [0, 0.05) is 11.1 Å². The summed E-state index contributed by atoms with van der Waals surface area (Å²) < 4.78 is 9.86. The minimum Gasteiger partial charge on any atom is -0.466 e. The molecule has 0 bridgehead atoms. The molecule has 0 amide bonds. The number of ether oxygens (including phenoxy) is 2. The molecular weight excluding hydrogens is 328 g/mol. The van der Waals surface area contributed by atoms with Crippen LogP contribution in [0.5, 0.6) is 0 Å². The molecule has 152 valence electrons. The van der Waals surface area contributed by atoms with Gasteiger partial charge in [-0.2, -0.15) is 0 Å². The first-order chi connectivity index (χ1) is 12.6. The van der Waals surface area contributed by atoms with Crippen LogP contribution in [0.15, 0.2) is 11.1 Å². The molecule has 0 fully saturated rings. The maximum atomic E-state index is 12.2. The third-order valence-corrected chi connectivity index (χ3v) is 4.79. The molecule has 4 nitrogen and oxygen atoms in total. The van der Waals surface area contributed by atoms with Gasteiger partial charge in [0.15, 0.2) is 0 Å². The van der Waals surface area contributed by atoms with E-state index in [1.165, 1.54) is 52.7 Å². The minimum absolute atomic E-state index is 0.385. The summed E-state index contributed by atoms with van der Waals surface area (Å²) in [5, 5.41) is 0. The largest absolute Gasteiger partial charge is 0.466 e. The Morgan fingerprint density at radius 2 is 0.846 bits per heavy atom. The van der Waals surface area contributed by atoms with E-state index in [1.807, 2.05) is 0 Å². The molecule has 0 aromatic rings. The number of hydrogen-bond acceptors (Lipinski definition) is 4. The molecule has 0 aliphatic rings. The van der Waals surface area contributed by atoms with Gasteiger partial charge in [0.2, 0.25) is 0 Å². The summed E-state index contributed by atoms with van der Waals surface area (Å²) in [6.07, 6.45) is 15.0. The quantitative estimate of drug-likeness (QED) is 0.187. The number of carbonyl (C=O) groups excluding carboxylic acids is 2. The van der Waals surface area contributed by atoms with Crippen molar-refractivity contribution in [3.8, 4) is 0 Å². The van der Waals surface area contributed by atoms with Crippen molar-refractivity contribution in [1.29, 1.82) is 0 Å². The van der Waals surface area contributed by atoms with Gasteiger partial charge in [-0.15, -0.1) is 0 Å². The molecule has 0 saturated carbocycles. The fraction of sp³-hybridized carbons (Fsp3) is 0.818. The van der Waals surface area contributed by atoms with Crippen molar-refractivity contribution < 1.29 is 19.1 Å². The summed E-state index contributed by atoms with van der Waals surface area (Å²) in [4.78, 5) is 24.4. The van der Waals surface area contributed by atoms with Crippen molar-refractivity contribution in [3.05, 3.63) is 11.1 Å². The predicted octanol–water partition coefficient (Wildman–Crippen LogP) is 6.13. The van der Waals surface area contributed by atoms with Gasteiger partial charge < -0.3 is 9.47 Å². The zero-order valence-electron chi connectivity index (χ0n) is 17.5.